The van der Waals surface area contributed by atoms with Crippen molar-refractivity contribution in [2.45, 2.75) is 25.8 Å². The van der Waals surface area contributed by atoms with Gasteiger partial charge in [-0.1, -0.05) is 6.92 Å². The number of hydrogen-bond acceptors (Lipinski definition) is 5. The van der Waals surface area contributed by atoms with E-state index >= 15 is 0 Å². The van der Waals surface area contributed by atoms with E-state index in [4.69, 9.17) is 14.2 Å². The Morgan fingerprint density at radius 3 is 2.45 bits per heavy atom. The summed E-state index contributed by atoms with van der Waals surface area (Å²) in [7, 11) is 3.51. The summed E-state index contributed by atoms with van der Waals surface area (Å²) >= 11 is 0. The molecule has 1 heterocycles. The molecular weight excluding hydrogens is 256 g/mol. The van der Waals surface area contributed by atoms with Crippen LogP contribution in [-0.2, 0) is 14.2 Å². The second kappa shape index (κ2) is 11.5. The van der Waals surface area contributed by atoms with Gasteiger partial charge in [0.05, 0.1) is 19.8 Å². The van der Waals surface area contributed by atoms with Gasteiger partial charge in [-0.05, 0) is 19.4 Å². The molecule has 0 radical (unpaired) electrons. The van der Waals surface area contributed by atoms with E-state index in [0.717, 1.165) is 52.6 Å². The van der Waals surface area contributed by atoms with Crippen LogP contribution in [0.5, 0.6) is 0 Å². The van der Waals surface area contributed by atoms with E-state index in [2.05, 4.69) is 17.1 Å². The first-order valence-corrected chi connectivity index (χ1v) is 7.83. The lowest BCUT2D eigenvalue weighted by Gasteiger charge is -2.31. The molecule has 0 spiro atoms. The predicted molar refractivity (Wildman–Crippen MR) is 81.2 cm³/mol. The molecule has 0 aromatic carbocycles. The van der Waals surface area contributed by atoms with Gasteiger partial charge in [-0.2, -0.15) is 0 Å². The molecule has 0 saturated carbocycles. The molecule has 2 unspecified atom stereocenters. The first-order valence-electron chi connectivity index (χ1n) is 7.83. The lowest BCUT2D eigenvalue weighted by atomic mass is 9.98. The molecule has 0 aromatic heterocycles. The first kappa shape index (κ1) is 17.9. The van der Waals surface area contributed by atoms with E-state index in [-0.39, 0.29) is 0 Å². The van der Waals surface area contributed by atoms with Gasteiger partial charge in [0, 0.05) is 52.4 Å². The minimum absolute atomic E-state index is 0.506. The second-order valence-electron chi connectivity index (χ2n) is 5.47. The number of methoxy groups -OCH3 is 2. The standard InChI is InChI=1S/C15H32N2O3/c1-4-6-16-15(14-5-9-20-13-14)12-17(7-10-18-2)8-11-19-3/h14-16H,4-13H2,1-3H3. The molecule has 120 valence electrons. The molecule has 1 fully saturated rings. The normalized spacial score (nSPS) is 20.7. The zero-order valence-electron chi connectivity index (χ0n) is 13.4. The van der Waals surface area contributed by atoms with Crippen LogP contribution in [0.25, 0.3) is 0 Å². The van der Waals surface area contributed by atoms with Crippen LogP contribution in [0.15, 0.2) is 0 Å². The van der Waals surface area contributed by atoms with Crippen molar-refractivity contribution in [1.29, 1.82) is 0 Å². The third-order valence-corrected chi connectivity index (χ3v) is 3.87. The summed E-state index contributed by atoms with van der Waals surface area (Å²) in [5, 5.41) is 3.69. The van der Waals surface area contributed by atoms with Gasteiger partial charge < -0.3 is 19.5 Å². The number of nitrogens with zero attached hydrogens (tertiary/aromatic N) is 1. The van der Waals surface area contributed by atoms with Crippen molar-refractivity contribution >= 4 is 0 Å². The molecular formula is C15H32N2O3. The summed E-state index contributed by atoms with van der Waals surface area (Å²) in [4.78, 5) is 2.43. The van der Waals surface area contributed by atoms with Gasteiger partial charge in [0.2, 0.25) is 0 Å². The van der Waals surface area contributed by atoms with Crippen LogP contribution in [0.1, 0.15) is 19.8 Å². The predicted octanol–water partition coefficient (Wildman–Crippen LogP) is 0.986. The summed E-state index contributed by atoms with van der Waals surface area (Å²) in [5.41, 5.74) is 0. The number of hydrogen-bond donors (Lipinski definition) is 1. The van der Waals surface area contributed by atoms with Crippen molar-refractivity contribution in [2.24, 2.45) is 5.92 Å². The van der Waals surface area contributed by atoms with Crippen molar-refractivity contribution in [3.63, 3.8) is 0 Å². The maximum atomic E-state index is 5.55. The monoisotopic (exact) mass is 288 g/mol. The minimum atomic E-state index is 0.506. The third-order valence-electron chi connectivity index (χ3n) is 3.87. The van der Waals surface area contributed by atoms with Gasteiger partial charge in [0.1, 0.15) is 0 Å². The van der Waals surface area contributed by atoms with Crippen molar-refractivity contribution in [1.82, 2.24) is 10.2 Å². The molecule has 1 aliphatic heterocycles. The lowest BCUT2D eigenvalue weighted by Crippen LogP contribution is -2.47. The van der Waals surface area contributed by atoms with Gasteiger partial charge in [-0.3, -0.25) is 4.90 Å². The Labute approximate surface area is 123 Å². The van der Waals surface area contributed by atoms with Gasteiger partial charge >= 0.3 is 0 Å². The van der Waals surface area contributed by atoms with Gasteiger partial charge in [-0.15, -0.1) is 0 Å². The topological polar surface area (TPSA) is 43.0 Å². The smallest absolute Gasteiger partial charge is 0.0589 e. The van der Waals surface area contributed by atoms with Crippen LogP contribution < -0.4 is 5.32 Å². The fourth-order valence-corrected chi connectivity index (χ4v) is 2.59. The van der Waals surface area contributed by atoms with Crippen LogP contribution >= 0.6 is 0 Å². The van der Waals surface area contributed by atoms with E-state index in [9.17, 15) is 0 Å². The van der Waals surface area contributed by atoms with Gasteiger partial charge in [0.25, 0.3) is 0 Å². The summed E-state index contributed by atoms with van der Waals surface area (Å²) in [5.74, 6) is 0.633. The van der Waals surface area contributed by atoms with Gasteiger partial charge in [0.15, 0.2) is 0 Å². The highest BCUT2D eigenvalue weighted by molar-refractivity contribution is 4.82. The molecule has 1 saturated heterocycles. The maximum Gasteiger partial charge on any atom is 0.0589 e. The van der Waals surface area contributed by atoms with Crippen LogP contribution in [0.3, 0.4) is 0 Å². The zero-order chi connectivity index (χ0) is 14.6. The van der Waals surface area contributed by atoms with E-state index in [1.165, 1.54) is 12.8 Å². The Bertz CT molecular complexity index is 215. The molecule has 20 heavy (non-hydrogen) atoms. The maximum absolute atomic E-state index is 5.55. The van der Waals surface area contributed by atoms with E-state index in [1.807, 2.05) is 0 Å². The average molecular weight is 288 g/mol. The number of ether oxygens (including phenoxy) is 3. The van der Waals surface area contributed by atoms with Crippen LogP contribution in [0.4, 0.5) is 0 Å². The second-order valence-corrected chi connectivity index (χ2v) is 5.47. The van der Waals surface area contributed by atoms with Gasteiger partial charge in [-0.25, -0.2) is 0 Å². The molecule has 1 rings (SSSR count). The summed E-state index contributed by atoms with van der Waals surface area (Å²) < 4.78 is 16.0. The van der Waals surface area contributed by atoms with Crippen LogP contribution in [-0.4, -0.2) is 77.8 Å². The molecule has 0 bridgehead atoms. The fourth-order valence-electron chi connectivity index (χ4n) is 2.59. The molecule has 1 aliphatic rings. The first-order chi connectivity index (χ1) is 9.81. The Kier molecular flexibility index (Phi) is 10.2. The molecule has 5 heteroatoms. The van der Waals surface area contributed by atoms with Crippen molar-refractivity contribution < 1.29 is 14.2 Å². The van der Waals surface area contributed by atoms with E-state index in [0.29, 0.717) is 12.0 Å². The lowest BCUT2D eigenvalue weighted by molar-refractivity contribution is 0.0984. The van der Waals surface area contributed by atoms with Crippen molar-refractivity contribution in [2.75, 3.05) is 66.8 Å². The van der Waals surface area contributed by atoms with Crippen LogP contribution in [0.2, 0.25) is 0 Å². The fraction of sp³-hybridized carbons (Fsp3) is 1.00. The largest absolute Gasteiger partial charge is 0.383 e. The summed E-state index contributed by atoms with van der Waals surface area (Å²) in [6, 6.07) is 0.506. The summed E-state index contributed by atoms with van der Waals surface area (Å²) in [6.45, 7) is 9.58. The van der Waals surface area contributed by atoms with Crippen LogP contribution in [0, 0.1) is 5.92 Å². The Balaban J connectivity index is 2.47. The summed E-state index contributed by atoms with van der Waals surface area (Å²) in [6.07, 6.45) is 2.34. The van der Waals surface area contributed by atoms with Crippen molar-refractivity contribution in [3.05, 3.63) is 0 Å². The number of rotatable bonds is 12. The highest BCUT2D eigenvalue weighted by atomic mass is 16.5. The zero-order valence-corrected chi connectivity index (χ0v) is 13.4. The SMILES string of the molecule is CCCNC(CN(CCOC)CCOC)C1CCOC1. The van der Waals surface area contributed by atoms with E-state index < -0.39 is 0 Å². The minimum Gasteiger partial charge on any atom is -0.383 e. The van der Waals surface area contributed by atoms with E-state index in [1.54, 1.807) is 14.2 Å². The molecule has 0 aliphatic carbocycles. The third kappa shape index (κ3) is 6.99. The highest BCUT2D eigenvalue weighted by Crippen LogP contribution is 2.17. The Hall–Kier alpha value is -0.200. The quantitative estimate of drug-likeness (QED) is 0.580. The molecule has 1 N–H and O–H groups in total. The molecule has 2 atom stereocenters. The molecule has 0 amide bonds. The van der Waals surface area contributed by atoms with Crippen molar-refractivity contribution in [3.8, 4) is 0 Å². The Morgan fingerprint density at radius 1 is 1.25 bits per heavy atom. The Morgan fingerprint density at radius 2 is 1.95 bits per heavy atom. The number of nitrogens with one attached hydrogen (secondary N) is 1. The molecule has 0 aromatic rings. The highest BCUT2D eigenvalue weighted by Gasteiger charge is 2.26. The average Bonchev–Trinajstić information content (AvgIpc) is 2.99. The molecule has 5 nitrogen and oxygen atoms in total.